The minimum atomic E-state index is -1.10. The van der Waals surface area contributed by atoms with Gasteiger partial charge in [0.05, 0.1) is 12.8 Å². The zero-order chi connectivity index (χ0) is 27.3. The van der Waals surface area contributed by atoms with Gasteiger partial charge in [0.15, 0.2) is 11.5 Å². The van der Waals surface area contributed by atoms with E-state index in [0.29, 0.717) is 23.6 Å². The number of carbonyl (C=O) groups is 2. The van der Waals surface area contributed by atoms with Crippen molar-refractivity contribution in [1.29, 1.82) is 0 Å². The number of methoxy groups -OCH3 is 1. The van der Waals surface area contributed by atoms with Crippen LogP contribution in [0.1, 0.15) is 46.6 Å². The number of nitrogens with one attached hydrogen (secondary N) is 1. The van der Waals surface area contributed by atoms with Gasteiger partial charge in [-0.1, -0.05) is 26.0 Å². The standard InChI is InChI=1S/C28H36N2O7/c1-17(2)14-20(29-27(33)37-28(3,4)5)26(32)36-24-15-18(12-13-23(24)34-7)30(6)21-16-25(31)35-22-11-9-8-10-19(21)22/h8-13,15-17,20,25,31H,14H2,1-7H3,(H,29,33). The third-order valence-electron chi connectivity index (χ3n) is 5.50. The third-order valence-corrected chi connectivity index (χ3v) is 5.50. The van der Waals surface area contributed by atoms with Crippen LogP contribution in [-0.4, -0.2) is 49.3 Å². The van der Waals surface area contributed by atoms with Gasteiger partial charge in [-0.2, -0.15) is 0 Å². The number of alkyl carbamates (subject to hydrolysis) is 1. The van der Waals surface area contributed by atoms with Gasteiger partial charge in [-0.15, -0.1) is 0 Å². The molecule has 37 heavy (non-hydrogen) atoms. The average Bonchev–Trinajstić information content (AvgIpc) is 2.81. The van der Waals surface area contributed by atoms with Gasteiger partial charge in [-0.3, -0.25) is 0 Å². The van der Waals surface area contributed by atoms with Gasteiger partial charge in [0.1, 0.15) is 17.4 Å². The first kappa shape index (κ1) is 27.9. The molecule has 2 aromatic carbocycles. The molecule has 1 amide bonds. The van der Waals surface area contributed by atoms with Crippen molar-refractivity contribution in [3.8, 4) is 17.2 Å². The van der Waals surface area contributed by atoms with Crippen LogP contribution in [0.3, 0.4) is 0 Å². The van der Waals surface area contributed by atoms with E-state index in [1.807, 2.05) is 50.1 Å². The quantitative estimate of drug-likeness (QED) is 0.386. The van der Waals surface area contributed by atoms with E-state index in [1.165, 1.54) is 7.11 Å². The Kier molecular flexibility index (Phi) is 8.70. The summed E-state index contributed by atoms with van der Waals surface area (Å²) in [6.07, 6.45) is 0.168. The van der Waals surface area contributed by atoms with Crippen molar-refractivity contribution in [1.82, 2.24) is 5.32 Å². The van der Waals surface area contributed by atoms with E-state index in [4.69, 9.17) is 18.9 Å². The summed E-state index contributed by atoms with van der Waals surface area (Å²) in [5.41, 5.74) is 1.51. The Hall–Kier alpha value is -3.72. The monoisotopic (exact) mass is 512 g/mol. The highest BCUT2D eigenvalue weighted by atomic mass is 16.6. The number of carbonyl (C=O) groups excluding carboxylic acids is 2. The Bertz CT molecular complexity index is 1150. The molecule has 0 saturated carbocycles. The van der Waals surface area contributed by atoms with Crippen molar-refractivity contribution in [2.24, 2.45) is 5.92 Å². The lowest BCUT2D eigenvalue weighted by molar-refractivity contribution is -0.137. The number of rotatable bonds is 8. The number of hydrogen-bond donors (Lipinski definition) is 2. The van der Waals surface area contributed by atoms with Crippen LogP contribution in [0.2, 0.25) is 0 Å². The van der Waals surface area contributed by atoms with E-state index >= 15 is 0 Å². The molecule has 0 bridgehead atoms. The SMILES string of the molecule is COc1ccc(N(C)C2=CC(O)Oc3ccccc32)cc1OC(=O)C(CC(C)C)NC(=O)OC(C)(C)C. The largest absolute Gasteiger partial charge is 0.493 e. The lowest BCUT2D eigenvalue weighted by atomic mass is 10.0. The number of ether oxygens (including phenoxy) is 4. The van der Waals surface area contributed by atoms with Crippen molar-refractivity contribution in [2.75, 3.05) is 19.1 Å². The molecule has 0 fully saturated rings. The Balaban J connectivity index is 1.86. The van der Waals surface area contributed by atoms with Crippen LogP contribution >= 0.6 is 0 Å². The van der Waals surface area contributed by atoms with E-state index in [1.54, 1.807) is 45.0 Å². The number of hydrogen-bond acceptors (Lipinski definition) is 8. The fraction of sp³-hybridized carbons (Fsp3) is 0.429. The molecule has 9 heteroatoms. The highest BCUT2D eigenvalue weighted by Gasteiger charge is 2.28. The van der Waals surface area contributed by atoms with Gasteiger partial charge in [0.2, 0.25) is 6.29 Å². The summed E-state index contributed by atoms with van der Waals surface area (Å²) in [4.78, 5) is 27.4. The van der Waals surface area contributed by atoms with Crippen molar-refractivity contribution in [3.05, 3.63) is 54.1 Å². The Morgan fingerprint density at radius 1 is 1.14 bits per heavy atom. The number of para-hydroxylation sites is 1. The molecule has 200 valence electrons. The summed E-state index contributed by atoms with van der Waals surface area (Å²) in [5.74, 6) is 0.581. The predicted octanol–water partition coefficient (Wildman–Crippen LogP) is 4.73. The van der Waals surface area contributed by atoms with E-state index in [9.17, 15) is 14.7 Å². The minimum Gasteiger partial charge on any atom is -0.493 e. The molecule has 3 rings (SSSR count). The lowest BCUT2D eigenvalue weighted by Gasteiger charge is -2.29. The average molecular weight is 513 g/mol. The number of amides is 1. The molecular weight excluding hydrogens is 476 g/mol. The van der Waals surface area contributed by atoms with Gasteiger partial charge < -0.3 is 34.3 Å². The fourth-order valence-corrected chi connectivity index (χ4v) is 3.87. The van der Waals surface area contributed by atoms with Crippen molar-refractivity contribution in [3.63, 3.8) is 0 Å². The summed E-state index contributed by atoms with van der Waals surface area (Å²) in [7, 11) is 3.31. The maximum atomic E-state index is 13.2. The van der Waals surface area contributed by atoms with Crippen LogP contribution < -0.4 is 24.4 Å². The van der Waals surface area contributed by atoms with Crippen LogP contribution in [0.15, 0.2) is 48.5 Å². The summed E-state index contributed by atoms with van der Waals surface area (Å²) in [5, 5.41) is 12.8. The van der Waals surface area contributed by atoms with Crippen molar-refractivity contribution >= 4 is 23.4 Å². The highest BCUT2D eigenvalue weighted by molar-refractivity contribution is 5.85. The third kappa shape index (κ3) is 7.39. The number of fused-ring (bicyclic) bond motifs is 1. The van der Waals surface area contributed by atoms with Crippen LogP contribution in [0.25, 0.3) is 5.70 Å². The van der Waals surface area contributed by atoms with Crippen molar-refractivity contribution < 1.29 is 33.6 Å². The maximum absolute atomic E-state index is 13.2. The molecule has 1 aliphatic heterocycles. The molecule has 2 unspecified atom stereocenters. The zero-order valence-corrected chi connectivity index (χ0v) is 22.4. The van der Waals surface area contributed by atoms with Gasteiger partial charge in [0, 0.05) is 30.4 Å². The molecule has 0 aliphatic carbocycles. The molecule has 0 spiro atoms. The van der Waals surface area contributed by atoms with Crippen LogP contribution in [-0.2, 0) is 9.53 Å². The fourth-order valence-electron chi connectivity index (χ4n) is 3.87. The van der Waals surface area contributed by atoms with Gasteiger partial charge in [-0.25, -0.2) is 9.59 Å². The van der Waals surface area contributed by atoms with Gasteiger partial charge in [-0.05, 0) is 57.4 Å². The first-order valence-corrected chi connectivity index (χ1v) is 12.2. The smallest absolute Gasteiger partial charge is 0.408 e. The molecule has 1 heterocycles. The van der Waals surface area contributed by atoms with Crippen LogP contribution in [0.4, 0.5) is 10.5 Å². The molecule has 9 nitrogen and oxygen atoms in total. The molecule has 0 radical (unpaired) electrons. The number of nitrogens with zero attached hydrogens (tertiary/aromatic N) is 1. The second kappa shape index (κ2) is 11.6. The Morgan fingerprint density at radius 2 is 1.84 bits per heavy atom. The molecule has 2 aromatic rings. The van der Waals surface area contributed by atoms with E-state index in [-0.39, 0.29) is 11.7 Å². The van der Waals surface area contributed by atoms with Crippen LogP contribution in [0, 0.1) is 5.92 Å². The molecule has 2 N–H and O–H groups in total. The summed E-state index contributed by atoms with van der Waals surface area (Å²) < 4.78 is 22.0. The van der Waals surface area contributed by atoms with Gasteiger partial charge >= 0.3 is 12.1 Å². The van der Waals surface area contributed by atoms with Crippen molar-refractivity contribution in [2.45, 2.75) is 59.0 Å². The molecule has 0 saturated heterocycles. The first-order chi connectivity index (χ1) is 17.4. The Labute approximate surface area is 218 Å². The minimum absolute atomic E-state index is 0.110. The van der Waals surface area contributed by atoms with E-state index < -0.39 is 30.0 Å². The molecule has 1 aliphatic rings. The Morgan fingerprint density at radius 3 is 2.49 bits per heavy atom. The second-order valence-electron chi connectivity index (χ2n) is 10.2. The zero-order valence-electron chi connectivity index (χ0n) is 22.4. The van der Waals surface area contributed by atoms with E-state index in [2.05, 4.69) is 5.32 Å². The number of aliphatic hydroxyl groups excluding tert-OH is 1. The summed E-state index contributed by atoms with van der Waals surface area (Å²) >= 11 is 0. The predicted molar refractivity (Wildman–Crippen MR) is 141 cm³/mol. The lowest BCUT2D eigenvalue weighted by Crippen LogP contribution is -2.45. The van der Waals surface area contributed by atoms with Crippen LogP contribution in [0.5, 0.6) is 17.2 Å². The number of anilines is 1. The number of aliphatic hydroxyl groups is 1. The van der Waals surface area contributed by atoms with E-state index in [0.717, 1.165) is 11.3 Å². The highest BCUT2D eigenvalue weighted by Crippen LogP contribution is 2.38. The molecule has 2 atom stereocenters. The summed E-state index contributed by atoms with van der Waals surface area (Å²) in [6, 6.07) is 11.7. The number of benzene rings is 2. The maximum Gasteiger partial charge on any atom is 0.408 e. The first-order valence-electron chi connectivity index (χ1n) is 12.2. The molecular formula is C28H36N2O7. The second-order valence-corrected chi connectivity index (χ2v) is 10.2. The summed E-state index contributed by atoms with van der Waals surface area (Å²) in [6.45, 7) is 9.14. The van der Waals surface area contributed by atoms with Gasteiger partial charge in [0.25, 0.3) is 0 Å². The topological polar surface area (TPSA) is 107 Å². The number of esters is 1. The molecule has 0 aromatic heterocycles. The normalized spacial score (nSPS) is 15.6.